The standard InChI is InChI=1S/C12H19N3O2/c1-8-5-15(6-9(2)17-8)12-13-4-11(7-16)10(3)14-12/h4,8-9,16H,5-7H2,1-3H3. The highest BCUT2D eigenvalue weighted by molar-refractivity contribution is 5.33. The summed E-state index contributed by atoms with van der Waals surface area (Å²) in [6.07, 6.45) is 2.09. The fourth-order valence-corrected chi connectivity index (χ4v) is 2.13. The first-order valence-corrected chi connectivity index (χ1v) is 5.94. The lowest BCUT2D eigenvalue weighted by molar-refractivity contribution is -0.00573. The summed E-state index contributed by atoms with van der Waals surface area (Å²) in [5, 5.41) is 9.09. The summed E-state index contributed by atoms with van der Waals surface area (Å²) in [5.74, 6) is 0.724. The maximum absolute atomic E-state index is 9.09. The summed E-state index contributed by atoms with van der Waals surface area (Å²) in [7, 11) is 0. The Labute approximate surface area is 101 Å². The quantitative estimate of drug-likeness (QED) is 0.828. The zero-order valence-electron chi connectivity index (χ0n) is 10.6. The van der Waals surface area contributed by atoms with E-state index in [-0.39, 0.29) is 18.8 Å². The molecule has 2 rings (SSSR count). The fourth-order valence-electron chi connectivity index (χ4n) is 2.13. The van der Waals surface area contributed by atoms with Gasteiger partial charge in [-0.15, -0.1) is 0 Å². The number of anilines is 1. The van der Waals surface area contributed by atoms with Crippen LogP contribution in [0.5, 0.6) is 0 Å². The Hall–Kier alpha value is -1.20. The second kappa shape index (κ2) is 4.98. The molecule has 5 heteroatoms. The van der Waals surface area contributed by atoms with Gasteiger partial charge in [0.05, 0.1) is 18.8 Å². The number of morpholine rings is 1. The maximum atomic E-state index is 9.09. The zero-order chi connectivity index (χ0) is 12.4. The summed E-state index contributed by atoms with van der Waals surface area (Å²) in [5.41, 5.74) is 1.62. The summed E-state index contributed by atoms with van der Waals surface area (Å²) in [6.45, 7) is 7.60. The van der Waals surface area contributed by atoms with Gasteiger partial charge >= 0.3 is 0 Å². The van der Waals surface area contributed by atoms with E-state index in [9.17, 15) is 0 Å². The van der Waals surface area contributed by atoms with Crippen LogP contribution in [-0.2, 0) is 11.3 Å². The van der Waals surface area contributed by atoms with Crippen LogP contribution in [0.15, 0.2) is 6.20 Å². The molecule has 0 amide bonds. The molecule has 0 aliphatic carbocycles. The average Bonchev–Trinajstić information content (AvgIpc) is 2.27. The SMILES string of the molecule is Cc1nc(N2CC(C)OC(C)C2)ncc1CO. The zero-order valence-corrected chi connectivity index (χ0v) is 10.6. The van der Waals surface area contributed by atoms with E-state index >= 15 is 0 Å². The number of aryl methyl sites for hydroxylation is 1. The third-order valence-corrected chi connectivity index (χ3v) is 2.94. The van der Waals surface area contributed by atoms with Crippen LogP contribution < -0.4 is 4.90 Å². The van der Waals surface area contributed by atoms with E-state index in [0.717, 1.165) is 30.3 Å². The van der Waals surface area contributed by atoms with Gasteiger partial charge in [-0.2, -0.15) is 0 Å². The van der Waals surface area contributed by atoms with Crippen LogP contribution >= 0.6 is 0 Å². The minimum absolute atomic E-state index is 0.0119. The minimum Gasteiger partial charge on any atom is -0.392 e. The van der Waals surface area contributed by atoms with Gasteiger partial charge in [0.1, 0.15) is 0 Å². The van der Waals surface area contributed by atoms with E-state index in [1.54, 1.807) is 6.20 Å². The minimum atomic E-state index is -0.0119. The number of nitrogens with zero attached hydrogens (tertiary/aromatic N) is 3. The lowest BCUT2D eigenvalue weighted by Crippen LogP contribution is -2.46. The lowest BCUT2D eigenvalue weighted by atomic mass is 10.2. The van der Waals surface area contributed by atoms with Crippen molar-refractivity contribution in [2.24, 2.45) is 0 Å². The monoisotopic (exact) mass is 237 g/mol. The van der Waals surface area contributed by atoms with Gasteiger partial charge in [-0.25, -0.2) is 9.97 Å². The molecule has 1 saturated heterocycles. The van der Waals surface area contributed by atoms with Gasteiger partial charge in [0, 0.05) is 30.5 Å². The molecule has 5 nitrogen and oxygen atoms in total. The van der Waals surface area contributed by atoms with Crippen molar-refractivity contribution in [1.82, 2.24) is 9.97 Å². The number of rotatable bonds is 2. The Morgan fingerprint density at radius 1 is 1.41 bits per heavy atom. The van der Waals surface area contributed by atoms with E-state index < -0.39 is 0 Å². The van der Waals surface area contributed by atoms with Gasteiger partial charge < -0.3 is 14.7 Å². The number of aromatic nitrogens is 2. The third-order valence-electron chi connectivity index (χ3n) is 2.94. The van der Waals surface area contributed by atoms with Crippen LogP contribution in [0.25, 0.3) is 0 Å². The molecule has 1 aromatic heterocycles. The molecule has 2 atom stereocenters. The van der Waals surface area contributed by atoms with Crippen LogP contribution in [0.1, 0.15) is 25.1 Å². The third kappa shape index (κ3) is 2.73. The van der Waals surface area contributed by atoms with Crippen molar-refractivity contribution < 1.29 is 9.84 Å². The molecule has 0 saturated carbocycles. The Kier molecular flexibility index (Phi) is 3.59. The fraction of sp³-hybridized carbons (Fsp3) is 0.667. The molecule has 1 aliphatic rings. The number of aliphatic hydroxyl groups is 1. The highest BCUT2D eigenvalue weighted by Gasteiger charge is 2.24. The summed E-state index contributed by atoms with van der Waals surface area (Å²) >= 11 is 0. The van der Waals surface area contributed by atoms with E-state index in [1.165, 1.54) is 0 Å². The second-order valence-corrected chi connectivity index (χ2v) is 4.60. The molecule has 94 valence electrons. The van der Waals surface area contributed by atoms with Crippen LogP contribution in [-0.4, -0.2) is 40.4 Å². The predicted octanol–water partition coefficient (Wildman–Crippen LogP) is 0.891. The molecule has 2 unspecified atom stereocenters. The smallest absolute Gasteiger partial charge is 0.225 e. The molecule has 2 heterocycles. The molecule has 1 aliphatic heterocycles. The Balaban J connectivity index is 2.19. The molecular weight excluding hydrogens is 218 g/mol. The molecule has 1 aromatic rings. The van der Waals surface area contributed by atoms with Crippen molar-refractivity contribution in [2.45, 2.75) is 39.6 Å². The normalized spacial score (nSPS) is 25.1. The van der Waals surface area contributed by atoms with Crippen LogP contribution in [0.4, 0.5) is 5.95 Å². The van der Waals surface area contributed by atoms with Gasteiger partial charge in [0.2, 0.25) is 5.95 Å². The highest BCUT2D eigenvalue weighted by atomic mass is 16.5. The van der Waals surface area contributed by atoms with Crippen molar-refractivity contribution >= 4 is 5.95 Å². The van der Waals surface area contributed by atoms with Crippen LogP contribution in [0.3, 0.4) is 0 Å². The first kappa shape index (κ1) is 12.3. The van der Waals surface area contributed by atoms with Crippen molar-refractivity contribution in [1.29, 1.82) is 0 Å². The number of hydrogen-bond donors (Lipinski definition) is 1. The summed E-state index contributed by atoms with van der Waals surface area (Å²) in [6, 6.07) is 0. The van der Waals surface area contributed by atoms with E-state index in [1.807, 2.05) is 6.92 Å². The van der Waals surface area contributed by atoms with Gasteiger partial charge in [-0.05, 0) is 20.8 Å². The summed E-state index contributed by atoms with van der Waals surface area (Å²) < 4.78 is 5.68. The van der Waals surface area contributed by atoms with Gasteiger partial charge in [-0.1, -0.05) is 0 Å². The number of ether oxygens (including phenoxy) is 1. The van der Waals surface area contributed by atoms with Crippen molar-refractivity contribution in [3.05, 3.63) is 17.5 Å². The molecule has 1 fully saturated rings. The van der Waals surface area contributed by atoms with Crippen molar-refractivity contribution in [2.75, 3.05) is 18.0 Å². The number of hydrogen-bond acceptors (Lipinski definition) is 5. The predicted molar refractivity (Wildman–Crippen MR) is 64.9 cm³/mol. The largest absolute Gasteiger partial charge is 0.392 e. The van der Waals surface area contributed by atoms with Gasteiger partial charge in [-0.3, -0.25) is 0 Å². The van der Waals surface area contributed by atoms with E-state index in [4.69, 9.17) is 9.84 Å². The molecule has 0 bridgehead atoms. The molecular formula is C12H19N3O2. The molecule has 0 aromatic carbocycles. The highest BCUT2D eigenvalue weighted by Crippen LogP contribution is 2.17. The van der Waals surface area contributed by atoms with E-state index in [0.29, 0.717) is 0 Å². The molecule has 17 heavy (non-hydrogen) atoms. The second-order valence-electron chi connectivity index (χ2n) is 4.60. The molecule has 0 spiro atoms. The topological polar surface area (TPSA) is 58.5 Å². The van der Waals surface area contributed by atoms with Crippen LogP contribution in [0.2, 0.25) is 0 Å². The van der Waals surface area contributed by atoms with Crippen molar-refractivity contribution in [3.63, 3.8) is 0 Å². The average molecular weight is 237 g/mol. The Bertz CT molecular complexity index is 387. The Morgan fingerprint density at radius 2 is 2.06 bits per heavy atom. The maximum Gasteiger partial charge on any atom is 0.225 e. The number of aliphatic hydroxyl groups excluding tert-OH is 1. The Morgan fingerprint density at radius 3 is 2.59 bits per heavy atom. The van der Waals surface area contributed by atoms with Crippen molar-refractivity contribution in [3.8, 4) is 0 Å². The van der Waals surface area contributed by atoms with Gasteiger partial charge in [0.25, 0.3) is 0 Å². The first-order valence-electron chi connectivity index (χ1n) is 5.94. The lowest BCUT2D eigenvalue weighted by Gasteiger charge is -2.35. The van der Waals surface area contributed by atoms with Gasteiger partial charge in [0.15, 0.2) is 0 Å². The first-order chi connectivity index (χ1) is 8.10. The molecule has 1 N–H and O–H groups in total. The van der Waals surface area contributed by atoms with E-state index in [2.05, 4.69) is 28.7 Å². The summed E-state index contributed by atoms with van der Waals surface area (Å²) in [4.78, 5) is 10.9. The van der Waals surface area contributed by atoms with Crippen LogP contribution in [0, 0.1) is 6.92 Å². The molecule has 0 radical (unpaired) electrons.